The first-order chi connectivity index (χ1) is 8.97. The molecule has 0 saturated carbocycles. The number of rotatable bonds is 11. The molecule has 1 unspecified atom stereocenters. The highest BCUT2D eigenvalue weighted by atomic mass is 16.4. The van der Waals surface area contributed by atoms with Crippen molar-refractivity contribution in [1.82, 2.24) is 5.32 Å². The molecule has 0 radical (unpaired) electrons. The summed E-state index contributed by atoms with van der Waals surface area (Å²) in [4.78, 5) is 0. The van der Waals surface area contributed by atoms with Gasteiger partial charge in [-0.3, -0.25) is 0 Å². The van der Waals surface area contributed by atoms with Crippen molar-refractivity contribution in [3.8, 4) is 0 Å². The lowest BCUT2D eigenvalue weighted by atomic mass is 9.86. The van der Waals surface area contributed by atoms with E-state index in [-0.39, 0.29) is 5.41 Å². The number of hydrogen-bond acceptors (Lipinski definition) is 3. The van der Waals surface area contributed by atoms with Crippen LogP contribution in [0.4, 0.5) is 0 Å². The largest absolute Gasteiger partial charge is 0.409 e. The van der Waals surface area contributed by atoms with Crippen molar-refractivity contribution >= 4 is 5.84 Å². The summed E-state index contributed by atoms with van der Waals surface area (Å²) < 4.78 is 0. The van der Waals surface area contributed by atoms with Gasteiger partial charge in [0.15, 0.2) is 0 Å². The van der Waals surface area contributed by atoms with E-state index < -0.39 is 0 Å². The lowest BCUT2D eigenvalue weighted by molar-refractivity contribution is 0.303. The summed E-state index contributed by atoms with van der Waals surface area (Å²) in [6, 6.07) is 0.650. The van der Waals surface area contributed by atoms with Gasteiger partial charge in [0.1, 0.15) is 5.84 Å². The first-order valence-electron chi connectivity index (χ1n) is 7.69. The van der Waals surface area contributed by atoms with Gasteiger partial charge in [0.05, 0.1) is 0 Å². The van der Waals surface area contributed by atoms with E-state index in [1.165, 1.54) is 32.1 Å². The fraction of sp³-hybridized carbons (Fsp3) is 0.933. The van der Waals surface area contributed by atoms with Crippen molar-refractivity contribution < 1.29 is 5.21 Å². The van der Waals surface area contributed by atoms with Gasteiger partial charge >= 0.3 is 0 Å². The zero-order valence-corrected chi connectivity index (χ0v) is 13.2. The van der Waals surface area contributed by atoms with Crippen molar-refractivity contribution in [1.29, 1.82) is 0 Å². The minimum atomic E-state index is -0.222. The van der Waals surface area contributed by atoms with E-state index in [1.54, 1.807) is 0 Å². The summed E-state index contributed by atoms with van der Waals surface area (Å²) in [7, 11) is 0. The lowest BCUT2D eigenvalue weighted by Crippen LogP contribution is -2.34. The first kappa shape index (κ1) is 18.2. The lowest BCUT2D eigenvalue weighted by Gasteiger charge is -2.24. The molecule has 0 aromatic rings. The molecule has 0 heterocycles. The van der Waals surface area contributed by atoms with Crippen LogP contribution in [0.5, 0.6) is 0 Å². The Morgan fingerprint density at radius 3 is 2.42 bits per heavy atom. The highest BCUT2D eigenvalue weighted by molar-refractivity contribution is 5.85. The molecule has 0 aromatic carbocycles. The Hall–Kier alpha value is -0.770. The number of nitrogens with zero attached hydrogens (tertiary/aromatic N) is 1. The van der Waals surface area contributed by atoms with Crippen molar-refractivity contribution in [2.24, 2.45) is 16.3 Å². The Bertz CT molecular complexity index is 252. The number of amidine groups is 1. The van der Waals surface area contributed by atoms with Crippen LogP contribution in [0.1, 0.15) is 72.6 Å². The molecular formula is C15H33N3O. The predicted molar refractivity (Wildman–Crippen MR) is 82.6 cm³/mol. The SMILES string of the molecule is CCCCC(CCC)NCCCC(C)(C)C(N)=NO. The molecule has 4 N–H and O–H groups in total. The summed E-state index contributed by atoms with van der Waals surface area (Å²) in [6.07, 6.45) is 8.30. The normalized spacial score (nSPS) is 14.6. The first-order valence-corrected chi connectivity index (χ1v) is 7.69. The van der Waals surface area contributed by atoms with Crippen LogP contribution >= 0.6 is 0 Å². The van der Waals surface area contributed by atoms with E-state index >= 15 is 0 Å². The van der Waals surface area contributed by atoms with Gasteiger partial charge < -0.3 is 16.3 Å². The summed E-state index contributed by atoms with van der Waals surface area (Å²) >= 11 is 0. The van der Waals surface area contributed by atoms with E-state index in [2.05, 4.69) is 24.3 Å². The van der Waals surface area contributed by atoms with E-state index in [0.717, 1.165) is 19.4 Å². The number of oxime groups is 1. The number of hydrogen-bond donors (Lipinski definition) is 3. The summed E-state index contributed by atoms with van der Waals surface area (Å²) in [5.74, 6) is 0.323. The van der Waals surface area contributed by atoms with Crippen LogP contribution < -0.4 is 11.1 Å². The standard InChI is InChI=1S/C15H33N3O/c1-5-7-10-13(9-6-2)17-12-8-11-15(3,4)14(16)18-19/h13,17,19H,5-12H2,1-4H3,(H2,16,18). The Kier molecular flexibility index (Phi) is 9.66. The van der Waals surface area contributed by atoms with Crippen molar-refractivity contribution in [3.05, 3.63) is 0 Å². The number of nitrogens with two attached hydrogens (primary N) is 1. The monoisotopic (exact) mass is 271 g/mol. The van der Waals surface area contributed by atoms with E-state index in [4.69, 9.17) is 10.9 Å². The van der Waals surface area contributed by atoms with Crippen LogP contribution in [0.2, 0.25) is 0 Å². The molecule has 4 nitrogen and oxygen atoms in total. The van der Waals surface area contributed by atoms with Gasteiger partial charge in [-0.05, 0) is 32.2 Å². The summed E-state index contributed by atoms with van der Waals surface area (Å²) in [5, 5.41) is 15.5. The molecule has 0 rings (SSSR count). The number of unbranched alkanes of at least 4 members (excludes halogenated alkanes) is 1. The van der Waals surface area contributed by atoms with E-state index in [9.17, 15) is 0 Å². The zero-order valence-electron chi connectivity index (χ0n) is 13.2. The van der Waals surface area contributed by atoms with Gasteiger partial charge in [0.25, 0.3) is 0 Å². The van der Waals surface area contributed by atoms with E-state index in [0.29, 0.717) is 11.9 Å². The van der Waals surface area contributed by atoms with Gasteiger partial charge in [-0.25, -0.2) is 0 Å². The van der Waals surface area contributed by atoms with Gasteiger partial charge in [-0.2, -0.15) is 0 Å². The van der Waals surface area contributed by atoms with Gasteiger partial charge in [-0.1, -0.05) is 52.1 Å². The van der Waals surface area contributed by atoms with Crippen LogP contribution in [0, 0.1) is 5.41 Å². The van der Waals surface area contributed by atoms with Crippen LogP contribution in [0.15, 0.2) is 5.16 Å². The van der Waals surface area contributed by atoms with Crippen molar-refractivity contribution in [3.63, 3.8) is 0 Å². The molecule has 0 saturated heterocycles. The third-order valence-corrected chi connectivity index (χ3v) is 3.76. The highest BCUT2D eigenvalue weighted by Gasteiger charge is 2.22. The maximum absolute atomic E-state index is 8.73. The minimum absolute atomic E-state index is 0.222. The molecule has 0 fully saturated rings. The Labute approximate surface area is 118 Å². The van der Waals surface area contributed by atoms with Crippen molar-refractivity contribution in [2.45, 2.75) is 78.7 Å². The molecule has 114 valence electrons. The molecule has 0 bridgehead atoms. The average Bonchev–Trinajstić information content (AvgIpc) is 2.39. The molecule has 0 amide bonds. The molecular weight excluding hydrogens is 238 g/mol. The zero-order chi connectivity index (χ0) is 14.7. The second-order valence-electron chi connectivity index (χ2n) is 6.05. The minimum Gasteiger partial charge on any atom is -0.409 e. The highest BCUT2D eigenvalue weighted by Crippen LogP contribution is 2.22. The molecule has 19 heavy (non-hydrogen) atoms. The average molecular weight is 271 g/mol. The maximum atomic E-state index is 8.73. The third kappa shape index (κ3) is 8.09. The van der Waals surface area contributed by atoms with Crippen LogP contribution in [-0.2, 0) is 0 Å². The molecule has 0 spiro atoms. The Balaban J connectivity index is 3.92. The quantitative estimate of drug-likeness (QED) is 0.177. The van der Waals surface area contributed by atoms with Gasteiger partial charge in [-0.15, -0.1) is 0 Å². The van der Waals surface area contributed by atoms with Gasteiger partial charge in [0, 0.05) is 11.5 Å². The fourth-order valence-corrected chi connectivity index (χ4v) is 2.25. The summed E-state index contributed by atoms with van der Waals surface area (Å²) in [5.41, 5.74) is 5.46. The summed E-state index contributed by atoms with van der Waals surface area (Å²) in [6.45, 7) is 9.52. The fourth-order valence-electron chi connectivity index (χ4n) is 2.25. The van der Waals surface area contributed by atoms with Crippen molar-refractivity contribution in [2.75, 3.05) is 6.54 Å². The smallest absolute Gasteiger partial charge is 0.144 e. The van der Waals surface area contributed by atoms with E-state index in [1.807, 2.05) is 13.8 Å². The van der Waals surface area contributed by atoms with Crippen LogP contribution in [0.25, 0.3) is 0 Å². The molecule has 4 heteroatoms. The van der Waals surface area contributed by atoms with Gasteiger partial charge in [0.2, 0.25) is 0 Å². The second-order valence-corrected chi connectivity index (χ2v) is 6.05. The third-order valence-electron chi connectivity index (χ3n) is 3.76. The second kappa shape index (κ2) is 10.1. The molecule has 0 aromatic heterocycles. The van der Waals surface area contributed by atoms with Crippen LogP contribution in [-0.4, -0.2) is 23.6 Å². The molecule has 1 atom stereocenters. The predicted octanol–water partition coefficient (Wildman–Crippen LogP) is 3.49. The maximum Gasteiger partial charge on any atom is 0.144 e. The Morgan fingerprint density at radius 2 is 1.89 bits per heavy atom. The molecule has 0 aliphatic carbocycles. The Morgan fingerprint density at radius 1 is 1.21 bits per heavy atom. The molecule has 0 aliphatic rings. The number of nitrogens with one attached hydrogen (secondary N) is 1. The molecule has 0 aliphatic heterocycles. The topological polar surface area (TPSA) is 70.6 Å². The van der Waals surface area contributed by atoms with Crippen LogP contribution in [0.3, 0.4) is 0 Å².